The number of amides is 1. The molecule has 3 N–H and O–H groups in total. The van der Waals surface area contributed by atoms with E-state index in [1.807, 2.05) is 26.2 Å². The monoisotopic (exact) mass is 262 g/mol. The summed E-state index contributed by atoms with van der Waals surface area (Å²) in [7, 11) is 0. The third-order valence-electron chi connectivity index (χ3n) is 2.41. The first kappa shape index (κ1) is 15.4. The van der Waals surface area contributed by atoms with E-state index in [0.29, 0.717) is 6.54 Å². The van der Waals surface area contributed by atoms with Crippen molar-refractivity contribution in [2.75, 3.05) is 0 Å². The molecule has 0 aromatic carbocycles. The topological polar surface area (TPSA) is 55.1 Å². The first-order chi connectivity index (χ1) is 7.02. The van der Waals surface area contributed by atoms with E-state index in [2.05, 4.69) is 11.4 Å². The second-order valence-corrected chi connectivity index (χ2v) is 5.02. The van der Waals surface area contributed by atoms with E-state index in [1.54, 1.807) is 11.3 Å². The summed E-state index contributed by atoms with van der Waals surface area (Å²) < 4.78 is 0. The second-order valence-electron chi connectivity index (χ2n) is 4.01. The third-order valence-corrected chi connectivity index (χ3v) is 3.44. The van der Waals surface area contributed by atoms with Crippen LogP contribution in [0, 0.1) is 12.8 Å². The quantitative estimate of drug-likeness (QED) is 0.873. The molecule has 1 amide bonds. The fourth-order valence-corrected chi connectivity index (χ4v) is 2.02. The Labute approximate surface area is 107 Å². The zero-order valence-corrected chi connectivity index (χ0v) is 11.5. The largest absolute Gasteiger partial charge is 0.350 e. The van der Waals surface area contributed by atoms with Crippen LogP contribution in [0.2, 0.25) is 0 Å². The van der Waals surface area contributed by atoms with E-state index >= 15 is 0 Å². The Kier molecular flexibility index (Phi) is 6.64. The van der Waals surface area contributed by atoms with Crippen LogP contribution in [0.15, 0.2) is 11.4 Å². The maximum atomic E-state index is 11.6. The Hall–Kier alpha value is -0.580. The molecule has 0 radical (unpaired) electrons. The van der Waals surface area contributed by atoms with E-state index in [4.69, 9.17) is 5.73 Å². The predicted molar refractivity (Wildman–Crippen MR) is 71.0 cm³/mol. The van der Waals surface area contributed by atoms with Gasteiger partial charge in [-0.1, -0.05) is 13.8 Å². The van der Waals surface area contributed by atoms with Gasteiger partial charge in [-0.05, 0) is 29.9 Å². The number of halogens is 1. The summed E-state index contributed by atoms with van der Waals surface area (Å²) in [5.74, 6) is 0.104. The van der Waals surface area contributed by atoms with E-state index in [1.165, 1.54) is 10.4 Å². The molecular formula is C11H19ClN2OS. The molecule has 0 bridgehead atoms. The molecule has 0 saturated heterocycles. The number of nitrogens with one attached hydrogen (secondary N) is 1. The van der Waals surface area contributed by atoms with Gasteiger partial charge in [0.25, 0.3) is 0 Å². The zero-order valence-electron chi connectivity index (χ0n) is 9.82. The van der Waals surface area contributed by atoms with Gasteiger partial charge in [0.1, 0.15) is 0 Å². The van der Waals surface area contributed by atoms with Crippen molar-refractivity contribution in [1.82, 2.24) is 5.32 Å². The van der Waals surface area contributed by atoms with Crippen LogP contribution in [0.1, 0.15) is 24.3 Å². The van der Waals surface area contributed by atoms with Crippen molar-refractivity contribution in [3.8, 4) is 0 Å². The van der Waals surface area contributed by atoms with Gasteiger partial charge in [-0.3, -0.25) is 4.79 Å². The highest BCUT2D eigenvalue weighted by Crippen LogP contribution is 2.14. The molecule has 0 spiro atoms. The number of rotatable bonds is 4. The molecule has 0 aliphatic rings. The van der Waals surface area contributed by atoms with Gasteiger partial charge >= 0.3 is 0 Å². The minimum atomic E-state index is -0.412. The van der Waals surface area contributed by atoms with Crippen LogP contribution < -0.4 is 11.1 Å². The highest BCUT2D eigenvalue weighted by Gasteiger charge is 2.16. The molecular weight excluding hydrogens is 244 g/mol. The minimum Gasteiger partial charge on any atom is -0.350 e. The lowest BCUT2D eigenvalue weighted by Gasteiger charge is -2.15. The zero-order chi connectivity index (χ0) is 11.4. The van der Waals surface area contributed by atoms with Gasteiger partial charge < -0.3 is 11.1 Å². The van der Waals surface area contributed by atoms with Crippen molar-refractivity contribution in [2.24, 2.45) is 11.7 Å². The lowest BCUT2D eigenvalue weighted by molar-refractivity contribution is -0.123. The molecule has 0 saturated carbocycles. The van der Waals surface area contributed by atoms with Crippen molar-refractivity contribution >= 4 is 29.7 Å². The molecule has 1 rings (SSSR count). The summed E-state index contributed by atoms with van der Waals surface area (Å²) in [6.07, 6.45) is 0. The van der Waals surface area contributed by atoms with E-state index in [-0.39, 0.29) is 24.2 Å². The summed E-state index contributed by atoms with van der Waals surface area (Å²) in [5.41, 5.74) is 6.95. The number of carbonyl (C=O) groups is 1. The molecule has 92 valence electrons. The van der Waals surface area contributed by atoms with Crippen LogP contribution >= 0.6 is 23.7 Å². The van der Waals surface area contributed by atoms with Gasteiger partial charge in [0.2, 0.25) is 5.91 Å². The van der Waals surface area contributed by atoms with Crippen LogP contribution in [0.25, 0.3) is 0 Å². The standard InChI is InChI=1S/C11H18N2OS.ClH/c1-7(2)10(12)11(14)13-6-9-8(3)4-5-15-9;/h4-5,7,10H,6,12H2,1-3H3,(H,13,14);1H/t10-;/m1./s1. The van der Waals surface area contributed by atoms with Crippen LogP contribution in [0.3, 0.4) is 0 Å². The molecule has 1 aromatic rings. The number of aryl methyl sites for hydroxylation is 1. The predicted octanol–water partition coefficient (Wildman–Crippen LogP) is 2.08. The van der Waals surface area contributed by atoms with Crippen molar-refractivity contribution in [1.29, 1.82) is 0 Å². The summed E-state index contributed by atoms with van der Waals surface area (Å²) in [6.45, 7) is 6.52. The lowest BCUT2D eigenvalue weighted by Crippen LogP contribution is -2.43. The summed E-state index contributed by atoms with van der Waals surface area (Å²) in [5, 5.41) is 4.88. The highest BCUT2D eigenvalue weighted by molar-refractivity contribution is 7.10. The van der Waals surface area contributed by atoms with Gasteiger partial charge in [-0.15, -0.1) is 23.7 Å². The number of hydrogen-bond acceptors (Lipinski definition) is 3. The molecule has 1 aromatic heterocycles. The van der Waals surface area contributed by atoms with Crippen molar-refractivity contribution in [3.05, 3.63) is 21.9 Å². The van der Waals surface area contributed by atoms with Crippen LogP contribution in [0.4, 0.5) is 0 Å². The summed E-state index contributed by atoms with van der Waals surface area (Å²) >= 11 is 1.66. The van der Waals surface area contributed by atoms with E-state index < -0.39 is 6.04 Å². The second kappa shape index (κ2) is 6.89. The molecule has 1 atom stereocenters. The Bertz CT molecular complexity index is 338. The Morgan fingerprint density at radius 1 is 1.56 bits per heavy atom. The van der Waals surface area contributed by atoms with Gasteiger partial charge in [0, 0.05) is 4.88 Å². The molecule has 0 aliphatic heterocycles. The summed E-state index contributed by atoms with van der Waals surface area (Å²) in [6, 6.07) is 1.64. The van der Waals surface area contributed by atoms with Crippen LogP contribution in [0.5, 0.6) is 0 Å². The van der Waals surface area contributed by atoms with Crippen LogP contribution in [-0.2, 0) is 11.3 Å². The van der Waals surface area contributed by atoms with Gasteiger partial charge in [0.05, 0.1) is 12.6 Å². The average Bonchev–Trinajstić information content (AvgIpc) is 2.59. The van der Waals surface area contributed by atoms with Gasteiger partial charge in [0.15, 0.2) is 0 Å². The van der Waals surface area contributed by atoms with E-state index in [0.717, 1.165) is 0 Å². The normalized spacial score (nSPS) is 12.1. The SMILES string of the molecule is Cc1ccsc1CNC(=O)[C@H](N)C(C)C.Cl. The Morgan fingerprint density at radius 2 is 2.19 bits per heavy atom. The smallest absolute Gasteiger partial charge is 0.237 e. The van der Waals surface area contributed by atoms with Gasteiger partial charge in [-0.2, -0.15) is 0 Å². The third kappa shape index (κ3) is 4.12. The number of thiophene rings is 1. The molecule has 16 heavy (non-hydrogen) atoms. The molecule has 3 nitrogen and oxygen atoms in total. The highest BCUT2D eigenvalue weighted by atomic mass is 35.5. The minimum absolute atomic E-state index is 0. The number of hydrogen-bond donors (Lipinski definition) is 2. The summed E-state index contributed by atoms with van der Waals surface area (Å²) in [4.78, 5) is 12.8. The van der Waals surface area contributed by atoms with Crippen LogP contribution in [-0.4, -0.2) is 11.9 Å². The maximum absolute atomic E-state index is 11.6. The van der Waals surface area contributed by atoms with Crippen molar-refractivity contribution in [2.45, 2.75) is 33.4 Å². The van der Waals surface area contributed by atoms with E-state index in [9.17, 15) is 4.79 Å². The first-order valence-corrected chi connectivity index (χ1v) is 5.96. The molecule has 5 heteroatoms. The average molecular weight is 263 g/mol. The molecule has 0 aliphatic carbocycles. The van der Waals surface area contributed by atoms with Gasteiger partial charge in [-0.25, -0.2) is 0 Å². The number of carbonyl (C=O) groups excluding carboxylic acids is 1. The fraction of sp³-hybridized carbons (Fsp3) is 0.545. The fourth-order valence-electron chi connectivity index (χ4n) is 1.17. The molecule has 1 heterocycles. The van der Waals surface area contributed by atoms with Crippen molar-refractivity contribution < 1.29 is 4.79 Å². The molecule has 0 fully saturated rings. The Balaban J connectivity index is 0.00000225. The first-order valence-electron chi connectivity index (χ1n) is 5.08. The number of nitrogens with two attached hydrogens (primary N) is 1. The van der Waals surface area contributed by atoms with Crippen molar-refractivity contribution in [3.63, 3.8) is 0 Å². The lowest BCUT2D eigenvalue weighted by atomic mass is 10.1. The Morgan fingerprint density at radius 3 is 2.62 bits per heavy atom. The molecule has 0 unspecified atom stereocenters. The maximum Gasteiger partial charge on any atom is 0.237 e.